The summed E-state index contributed by atoms with van der Waals surface area (Å²) in [6.07, 6.45) is 1.85. The lowest BCUT2D eigenvalue weighted by Gasteiger charge is -2.12. The number of hydrogen-bond acceptors (Lipinski definition) is 3. The minimum Gasteiger partial charge on any atom is -0.459 e. The van der Waals surface area contributed by atoms with Gasteiger partial charge in [-0.25, -0.2) is 4.79 Å². The molecule has 15 heavy (non-hydrogen) atoms. The predicted molar refractivity (Wildman–Crippen MR) is 60.6 cm³/mol. The van der Waals surface area contributed by atoms with E-state index in [0.717, 1.165) is 12.8 Å². The molecule has 0 radical (unpaired) electrons. The van der Waals surface area contributed by atoms with Crippen molar-refractivity contribution in [1.82, 2.24) is 0 Å². The minimum atomic E-state index is -0.303. The van der Waals surface area contributed by atoms with E-state index in [-0.39, 0.29) is 12.1 Å². The monoisotopic (exact) mass is 207 g/mol. The van der Waals surface area contributed by atoms with Crippen LogP contribution in [-0.4, -0.2) is 12.1 Å². The first-order valence-corrected chi connectivity index (χ1v) is 5.20. The molecule has 0 saturated carbocycles. The molecule has 0 aliphatic rings. The molecule has 0 bridgehead atoms. The predicted octanol–water partition coefficient (Wildman–Crippen LogP) is 2.61. The number of benzene rings is 1. The minimum absolute atomic E-state index is 0.0380. The van der Waals surface area contributed by atoms with Crippen LogP contribution in [0.2, 0.25) is 0 Å². The van der Waals surface area contributed by atoms with Gasteiger partial charge in [-0.15, -0.1) is 0 Å². The number of hydrogen-bond donors (Lipinski definition) is 1. The molecule has 0 aliphatic carbocycles. The Bertz CT molecular complexity index is 336. The highest BCUT2D eigenvalue weighted by atomic mass is 16.5. The molecule has 1 atom stereocenters. The zero-order valence-corrected chi connectivity index (χ0v) is 9.19. The number of anilines is 1. The first kappa shape index (κ1) is 11.6. The molecule has 0 amide bonds. The van der Waals surface area contributed by atoms with Gasteiger partial charge in [-0.05, 0) is 31.5 Å². The maximum Gasteiger partial charge on any atom is 0.338 e. The van der Waals surface area contributed by atoms with E-state index in [4.69, 9.17) is 10.5 Å². The Morgan fingerprint density at radius 3 is 2.87 bits per heavy atom. The molecule has 0 aliphatic heterocycles. The largest absolute Gasteiger partial charge is 0.459 e. The van der Waals surface area contributed by atoms with Gasteiger partial charge in [0.1, 0.15) is 0 Å². The Balaban J connectivity index is 2.61. The molecule has 1 aromatic carbocycles. The van der Waals surface area contributed by atoms with Crippen molar-refractivity contribution < 1.29 is 9.53 Å². The van der Waals surface area contributed by atoms with Gasteiger partial charge in [0.2, 0.25) is 0 Å². The summed E-state index contributed by atoms with van der Waals surface area (Å²) in [7, 11) is 0. The van der Waals surface area contributed by atoms with Gasteiger partial charge >= 0.3 is 5.97 Å². The molecule has 1 rings (SSSR count). The van der Waals surface area contributed by atoms with E-state index in [0.29, 0.717) is 11.3 Å². The fraction of sp³-hybridized carbons (Fsp3) is 0.417. The Labute approximate surface area is 90.2 Å². The van der Waals surface area contributed by atoms with Crippen LogP contribution in [0.4, 0.5) is 5.69 Å². The van der Waals surface area contributed by atoms with Crippen molar-refractivity contribution >= 4 is 11.7 Å². The lowest BCUT2D eigenvalue weighted by molar-refractivity contribution is 0.0323. The molecule has 3 heteroatoms. The van der Waals surface area contributed by atoms with E-state index in [9.17, 15) is 4.79 Å². The highest BCUT2D eigenvalue weighted by Gasteiger charge is 2.10. The van der Waals surface area contributed by atoms with E-state index in [1.54, 1.807) is 24.3 Å². The molecule has 1 aromatic rings. The van der Waals surface area contributed by atoms with Gasteiger partial charge in [-0.1, -0.05) is 19.4 Å². The highest BCUT2D eigenvalue weighted by Crippen LogP contribution is 2.10. The van der Waals surface area contributed by atoms with Crippen molar-refractivity contribution in [1.29, 1.82) is 0 Å². The third-order valence-electron chi connectivity index (χ3n) is 2.13. The number of carbonyl (C=O) groups excluding carboxylic acids is 1. The van der Waals surface area contributed by atoms with Gasteiger partial charge in [0.05, 0.1) is 11.7 Å². The van der Waals surface area contributed by atoms with Crippen LogP contribution in [0.1, 0.15) is 37.0 Å². The summed E-state index contributed by atoms with van der Waals surface area (Å²) in [4.78, 5) is 11.6. The number of esters is 1. The SMILES string of the molecule is CCC[C@@H](C)OC(=O)c1cccc(N)c1. The lowest BCUT2D eigenvalue weighted by atomic mass is 10.2. The van der Waals surface area contributed by atoms with Crippen LogP contribution in [0.3, 0.4) is 0 Å². The van der Waals surface area contributed by atoms with Crippen LogP contribution in [0, 0.1) is 0 Å². The second-order valence-electron chi connectivity index (χ2n) is 3.63. The van der Waals surface area contributed by atoms with E-state index < -0.39 is 0 Å². The third kappa shape index (κ3) is 3.62. The van der Waals surface area contributed by atoms with Crippen LogP contribution in [0.25, 0.3) is 0 Å². The molecule has 3 nitrogen and oxygen atoms in total. The van der Waals surface area contributed by atoms with Gasteiger partial charge < -0.3 is 10.5 Å². The van der Waals surface area contributed by atoms with E-state index in [2.05, 4.69) is 6.92 Å². The summed E-state index contributed by atoms with van der Waals surface area (Å²) < 4.78 is 5.24. The van der Waals surface area contributed by atoms with E-state index in [1.165, 1.54) is 0 Å². The second-order valence-corrected chi connectivity index (χ2v) is 3.63. The molecule has 0 saturated heterocycles. The average Bonchev–Trinajstić information content (AvgIpc) is 2.18. The second kappa shape index (κ2) is 5.39. The van der Waals surface area contributed by atoms with Crippen LogP contribution in [-0.2, 0) is 4.74 Å². The van der Waals surface area contributed by atoms with Crippen molar-refractivity contribution in [3.05, 3.63) is 29.8 Å². The summed E-state index contributed by atoms with van der Waals surface area (Å²) in [6, 6.07) is 6.82. The number of nitrogen functional groups attached to an aromatic ring is 1. The van der Waals surface area contributed by atoms with Gasteiger partial charge in [-0.2, -0.15) is 0 Å². The van der Waals surface area contributed by atoms with E-state index in [1.807, 2.05) is 6.92 Å². The first-order valence-electron chi connectivity index (χ1n) is 5.20. The third-order valence-corrected chi connectivity index (χ3v) is 2.13. The zero-order chi connectivity index (χ0) is 11.3. The molecule has 0 unspecified atom stereocenters. The van der Waals surface area contributed by atoms with Gasteiger partial charge in [0, 0.05) is 5.69 Å². The molecule has 0 aromatic heterocycles. The Morgan fingerprint density at radius 2 is 2.27 bits per heavy atom. The summed E-state index contributed by atoms with van der Waals surface area (Å²) in [5, 5.41) is 0. The molecular formula is C12H17NO2. The first-order chi connectivity index (χ1) is 7.13. The Hall–Kier alpha value is -1.51. The Kier molecular flexibility index (Phi) is 4.16. The summed E-state index contributed by atoms with van der Waals surface area (Å²) in [5.41, 5.74) is 6.67. The number of nitrogens with two attached hydrogens (primary N) is 1. The summed E-state index contributed by atoms with van der Waals surface area (Å²) in [5.74, 6) is -0.303. The quantitative estimate of drug-likeness (QED) is 0.610. The summed E-state index contributed by atoms with van der Waals surface area (Å²) in [6.45, 7) is 3.96. The summed E-state index contributed by atoms with van der Waals surface area (Å²) >= 11 is 0. The standard InChI is InChI=1S/C12H17NO2/c1-3-5-9(2)15-12(14)10-6-4-7-11(13)8-10/h4,6-9H,3,5,13H2,1-2H3/t9-/m1/s1. The van der Waals surface area contributed by atoms with Crippen molar-refractivity contribution in [2.45, 2.75) is 32.8 Å². The van der Waals surface area contributed by atoms with Crippen molar-refractivity contribution in [3.63, 3.8) is 0 Å². The molecular weight excluding hydrogens is 190 g/mol. The zero-order valence-electron chi connectivity index (χ0n) is 9.19. The van der Waals surface area contributed by atoms with Gasteiger partial charge in [0.25, 0.3) is 0 Å². The average molecular weight is 207 g/mol. The maximum absolute atomic E-state index is 11.6. The number of rotatable bonds is 4. The fourth-order valence-corrected chi connectivity index (χ4v) is 1.38. The van der Waals surface area contributed by atoms with Gasteiger partial charge in [0.15, 0.2) is 0 Å². The fourth-order valence-electron chi connectivity index (χ4n) is 1.38. The van der Waals surface area contributed by atoms with Crippen LogP contribution < -0.4 is 5.73 Å². The normalized spacial score (nSPS) is 12.1. The van der Waals surface area contributed by atoms with Crippen LogP contribution in [0.15, 0.2) is 24.3 Å². The lowest BCUT2D eigenvalue weighted by Crippen LogP contribution is -2.14. The molecule has 0 spiro atoms. The van der Waals surface area contributed by atoms with Crippen molar-refractivity contribution in [2.75, 3.05) is 5.73 Å². The van der Waals surface area contributed by atoms with Gasteiger partial charge in [-0.3, -0.25) is 0 Å². The highest BCUT2D eigenvalue weighted by molar-refractivity contribution is 5.90. The molecule has 2 N–H and O–H groups in total. The van der Waals surface area contributed by atoms with Crippen molar-refractivity contribution in [3.8, 4) is 0 Å². The number of ether oxygens (including phenoxy) is 1. The molecule has 0 fully saturated rings. The van der Waals surface area contributed by atoms with Crippen LogP contribution in [0.5, 0.6) is 0 Å². The number of carbonyl (C=O) groups is 1. The molecule has 0 heterocycles. The molecule has 82 valence electrons. The smallest absolute Gasteiger partial charge is 0.338 e. The van der Waals surface area contributed by atoms with E-state index >= 15 is 0 Å². The van der Waals surface area contributed by atoms with Crippen LogP contribution >= 0.6 is 0 Å². The Morgan fingerprint density at radius 1 is 1.53 bits per heavy atom. The van der Waals surface area contributed by atoms with Crippen molar-refractivity contribution in [2.24, 2.45) is 0 Å². The maximum atomic E-state index is 11.6. The topological polar surface area (TPSA) is 52.3 Å².